The lowest BCUT2D eigenvalue weighted by Crippen LogP contribution is -2.43. The van der Waals surface area contributed by atoms with Crippen LogP contribution in [0.1, 0.15) is 22.5 Å². The molecule has 2 aromatic rings. The summed E-state index contributed by atoms with van der Waals surface area (Å²) in [5.41, 5.74) is 6.40. The Bertz CT molecular complexity index is 848. The van der Waals surface area contributed by atoms with Crippen LogP contribution in [0.4, 0.5) is 0 Å². The number of rotatable bonds is 3. The fraction of sp³-hybridized carbons (Fsp3) is 0.368. The minimum absolute atomic E-state index is 0.0373. The van der Waals surface area contributed by atoms with Crippen molar-refractivity contribution in [3.05, 3.63) is 35.2 Å². The molecule has 136 valence electrons. The molecule has 1 atom stereocenters. The maximum absolute atomic E-state index is 12.8. The summed E-state index contributed by atoms with van der Waals surface area (Å²) < 4.78 is 11.2. The zero-order chi connectivity index (χ0) is 18.1. The van der Waals surface area contributed by atoms with E-state index in [2.05, 4.69) is 0 Å². The first kappa shape index (κ1) is 16.9. The van der Waals surface area contributed by atoms with Crippen LogP contribution in [0, 0.1) is 5.92 Å². The third-order valence-corrected chi connectivity index (χ3v) is 5.88. The second-order valence-electron chi connectivity index (χ2n) is 6.52. The van der Waals surface area contributed by atoms with Crippen LogP contribution in [0.15, 0.2) is 30.3 Å². The molecular formula is C19H20N2O4S. The zero-order valence-corrected chi connectivity index (χ0v) is 15.1. The summed E-state index contributed by atoms with van der Waals surface area (Å²) in [6.07, 6.45) is 1.56. The molecule has 1 fully saturated rings. The Kier molecular flexibility index (Phi) is 4.55. The molecule has 0 spiro atoms. The summed E-state index contributed by atoms with van der Waals surface area (Å²) >= 11 is 1.44. The van der Waals surface area contributed by atoms with E-state index >= 15 is 0 Å². The summed E-state index contributed by atoms with van der Waals surface area (Å²) in [5, 5.41) is 0. The Balaban J connectivity index is 1.52. The number of thiophene rings is 1. The number of carbonyl (C=O) groups is 2. The molecule has 3 heterocycles. The number of fused-ring (bicyclic) bond motifs is 1. The monoisotopic (exact) mass is 372 g/mol. The van der Waals surface area contributed by atoms with Gasteiger partial charge >= 0.3 is 0 Å². The second kappa shape index (κ2) is 6.99. The van der Waals surface area contributed by atoms with Gasteiger partial charge in [-0.05, 0) is 48.7 Å². The van der Waals surface area contributed by atoms with Crippen molar-refractivity contribution >= 4 is 23.2 Å². The van der Waals surface area contributed by atoms with E-state index in [-0.39, 0.29) is 17.7 Å². The molecule has 1 aromatic heterocycles. The summed E-state index contributed by atoms with van der Waals surface area (Å²) in [6, 6.07) is 9.59. The van der Waals surface area contributed by atoms with Crippen molar-refractivity contribution in [1.82, 2.24) is 4.90 Å². The molecule has 1 aromatic carbocycles. The van der Waals surface area contributed by atoms with Crippen LogP contribution in [0.2, 0.25) is 0 Å². The zero-order valence-electron chi connectivity index (χ0n) is 14.3. The van der Waals surface area contributed by atoms with E-state index in [0.717, 1.165) is 34.8 Å². The van der Waals surface area contributed by atoms with Gasteiger partial charge in [-0.2, -0.15) is 0 Å². The van der Waals surface area contributed by atoms with Crippen molar-refractivity contribution in [2.45, 2.75) is 12.8 Å². The maximum Gasteiger partial charge on any atom is 0.263 e. The lowest BCUT2D eigenvalue weighted by atomic mass is 9.97. The summed E-state index contributed by atoms with van der Waals surface area (Å²) in [4.78, 5) is 27.6. The molecule has 0 aliphatic carbocycles. The largest absolute Gasteiger partial charge is 0.486 e. The highest BCUT2D eigenvalue weighted by Crippen LogP contribution is 2.37. The topological polar surface area (TPSA) is 81.9 Å². The van der Waals surface area contributed by atoms with Crippen molar-refractivity contribution in [2.75, 3.05) is 26.3 Å². The Morgan fingerprint density at radius 2 is 1.92 bits per heavy atom. The van der Waals surface area contributed by atoms with E-state index < -0.39 is 0 Å². The molecule has 7 heteroatoms. The van der Waals surface area contributed by atoms with Crippen LogP contribution in [0.3, 0.4) is 0 Å². The van der Waals surface area contributed by atoms with Gasteiger partial charge in [0.25, 0.3) is 5.91 Å². The lowest BCUT2D eigenvalue weighted by molar-refractivity contribution is -0.123. The van der Waals surface area contributed by atoms with E-state index in [1.807, 2.05) is 30.3 Å². The fourth-order valence-electron chi connectivity index (χ4n) is 3.35. The average Bonchev–Trinajstić information content (AvgIpc) is 3.17. The van der Waals surface area contributed by atoms with Gasteiger partial charge < -0.3 is 20.1 Å². The van der Waals surface area contributed by atoms with Crippen LogP contribution in [0.5, 0.6) is 11.5 Å². The first-order valence-corrected chi connectivity index (χ1v) is 9.52. The molecule has 6 nitrogen and oxygen atoms in total. The van der Waals surface area contributed by atoms with Crippen molar-refractivity contribution < 1.29 is 19.1 Å². The molecule has 1 unspecified atom stereocenters. The highest BCUT2D eigenvalue weighted by molar-refractivity contribution is 7.17. The van der Waals surface area contributed by atoms with Crippen molar-refractivity contribution in [3.63, 3.8) is 0 Å². The molecule has 0 saturated carbocycles. The van der Waals surface area contributed by atoms with E-state index in [1.54, 1.807) is 4.90 Å². The summed E-state index contributed by atoms with van der Waals surface area (Å²) in [7, 11) is 0. The maximum atomic E-state index is 12.8. The first-order valence-electron chi connectivity index (χ1n) is 8.70. The molecule has 4 rings (SSSR count). The molecule has 1 saturated heterocycles. The van der Waals surface area contributed by atoms with Gasteiger partial charge in [0.1, 0.15) is 13.2 Å². The van der Waals surface area contributed by atoms with Crippen molar-refractivity contribution in [2.24, 2.45) is 11.7 Å². The molecule has 2 aliphatic rings. The van der Waals surface area contributed by atoms with Crippen LogP contribution < -0.4 is 15.2 Å². The number of nitrogens with two attached hydrogens (primary N) is 1. The summed E-state index contributed by atoms with van der Waals surface area (Å²) in [6.45, 7) is 2.18. The third kappa shape index (κ3) is 3.26. The molecule has 2 aliphatic heterocycles. The Morgan fingerprint density at radius 1 is 1.12 bits per heavy atom. The van der Waals surface area contributed by atoms with Gasteiger partial charge in [0.05, 0.1) is 10.8 Å². The number of ether oxygens (including phenoxy) is 2. The number of carbonyl (C=O) groups excluding carboxylic acids is 2. The van der Waals surface area contributed by atoms with Gasteiger partial charge in [-0.3, -0.25) is 9.59 Å². The number of benzene rings is 1. The van der Waals surface area contributed by atoms with Gasteiger partial charge in [0, 0.05) is 18.0 Å². The molecule has 0 bridgehead atoms. The number of nitrogens with zero attached hydrogens (tertiary/aromatic N) is 1. The predicted molar refractivity (Wildman–Crippen MR) is 98.6 cm³/mol. The lowest BCUT2D eigenvalue weighted by Gasteiger charge is -2.30. The van der Waals surface area contributed by atoms with Gasteiger partial charge in [0.15, 0.2) is 11.5 Å². The fourth-order valence-corrected chi connectivity index (χ4v) is 4.32. The normalized spacial score (nSPS) is 19.2. The van der Waals surface area contributed by atoms with Gasteiger partial charge in [0.2, 0.25) is 5.91 Å². The Hall–Kier alpha value is -2.54. The van der Waals surface area contributed by atoms with Crippen LogP contribution >= 0.6 is 11.3 Å². The van der Waals surface area contributed by atoms with Crippen molar-refractivity contribution in [1.29, 1.82) is 0 Å². The number of primary amides is 1. The van der Waals surface area contributed by atoms with Crippen LogP contribution in [-0.2, 0) is 4.79 Å². The van der Waals surface area contributed by atoms with E-state index in [9.17, 15) is 9.59 Å². The van der Waals surface area contributed by atoms with E-state index in [4.69, 9.17) is 15.2 Å². The minimum atomic E-state index is -0.328. The average molecular weight is 372 g/mol. The third-order valence-electron chi connectivity index (χ3n) is 4.75. The predicted octanol–water partition coefficient (Wildman–Crippen LogP) is 2.52. The Labute approximate surface area is 155 Å². The molecule has 2 N–H and O–H groups in total. The second-order valence-corrected chi connectivity index (χ2v) is 7.60. The molecule has 0 radical (unpaired) electrons. The molecule has 26 heavy (non-hydrogen) atoms. The number of likely N-dealkylation sites (tertiary alicyclic amines) is 1. The standard InChI is InChI=1S/C19H20N2O4S/c20-18(22)13-2-1-7-21(11-13)19(23)17-6-5-16(26-17)12-3-4-14-15(10-12)25-9-8-24-14/h3-6,10,13H,1-2,7-9,11H2,(H2,20,22). The van der Waals surface area contributed by atoms with Crippen LogP contribution in [-0.4, -0.2) is 43.0 Å². The van der Waals surface area contributed by atoms with E-state index in [0.29, 0.717) is 31.2 Å². The highest BCUT2D eigenvalue weighted by atomic mass is 32.1. The van der Waals surface area contributed by atoms with Gasteiger partial charge in [-0.25, -0.2) is 0 Å². The summed E-state index contributed by atoms with van der Waals surface area (Å²) in [5.74, 6) is 0.870. The smallest absolute Gasteiger partial charge is 0.263 e. The van der Waals surface area contributed by atoms with E-state index in [1.165, 1.54) is 11.3 Å². The van der Waals surface area contributed by atoms with Crippen molar-refractivity contribution in [3.8, 4) is 21.9 Å². The minimum Gasteiger partial charge on any atom is -0.486 e. The number of hydrogen-bond acceptors (Lipinski definition) is 5. The molecule has 2 amide bonds. The SMILES string of the molecule is NC(=O)C1CCCN(C(=O)c2ccc(-c3ccc4c(c3)OCCO4)s2)C1. The number of amides is 2. The highest BCUT2D eigenvalue weighted by Gasteiger charge is 2.28. The number of hydrogen-bond donors (Lipinski definition) is 1. The van der Waals surface area contributed by atoms with Gasteiger partial charge in [-0.1, -0.05) is 0 Å². The van der Waals surface area contributed by atoms with Gasteiger partial charge in [-0.15, -0.1) is 11.3 Å². The quantitative estimate of drug-likeness (QED) is 0.898. The van der Waals surface area contributed by atoms with Crippen LogP contribution in [0.25, 0.3) is 10.4 Å². The number of piperidine rings is 1. The Morgan fingerprint density at radius 3 is 2.73 bits per heavy atom. The first-order chi connectivity index (χ1) is 12.6. The molecular weight excluding hydrogens is 352 g/mol.